The summed E-state index contributed by atoms with van der Waals surface area (Å²) in [4.78, 5) is 22.0. The Labute approximate surface area is 170 Å². The zero-order valence-electron chi connectivity index (χ0n) is 14.6. The number of nitrogens with zero attached hydrogens (tertiary/aromatic N) is 3. The number of benzene rings is 1. The molecule has 2 aromatic heterocycles. The highest BCUT2D eigenvalue weighted by molar-refractivity contribution is 7.99. The van der Waals surface area contributed by atoms with Crippen molar-refractivity contribution in [3.05, 3.63) is 57.6 Å². The van der Waals surface area contributed by atoms with Crippen molar-refractivity contribution in [3.63, 3.8) is 0 Å². The minimum absolute atomic E-state index is 0.158. The Hall–Kier alpha value is -2.40. The van der Waals surface area contributed by atoms with Crippen molar-refractivity contribution < 1.29 is 4.79 Å². The number of anilines is 1. The van der Waals surface area contributed by atoms with E-state index in [-0.39, 0.29) is 11.7 Å². The van der Waals surface area contributed by atoms with Crippen molar-refractivity contribution in [3.8, 4) is 17.3 Å². The van der Waals surface area contributed by atoms with E-state index in [1.807, 2.05) is 32.0 Å². The van der Waals surface area contributed by atoms with Gasteiger partial charge in [0, 0.05) is 21.7 Å². The van der Waals surface area contributed by atoms with Crippen LogP contribution in [0.2, 0.25) is 5.02 Å². The molecule has 1 amide bonds. The summed E-state index contributed by atoms with van der Waals surface area (Å²) in [5.74, 6) is -0.0384. The zero-order valence-corrected chi connectivity index (χ0v) is 17.0. The highest BCUT2D eigenvalue weighted by Crippen LogP contribution is 2.31. The molecule has 136 valence electrons. The first-order chi connectivity index (χ1) is 13.0. The summed E-state index contributed by atoms with van der Waals surface area (Å²) < 4.78 is 0. The summed E-state index contributed by atoms with van der Waals surface area (Å²) in [6.07, 6.45) is 1.66. The summed E-state index contributed by atoms with van der Waals surface area (Å²) in [5, 5.41) is 13.8. The van der Waals surface area contributed by atoms with Crippen LogP contribution in [-0.2, 0) is 4.79 Å². The van der Waals surface area contributed by atoms with Crippen LogP contribution in [0.5, 0.6) is 0 Å². The first-order valence-corrected chi connectivity index (χ1v) is 10.2. The van der Waals surface area contributed by atoms with Crippen LogP contribution in [0.4, 0.5) is 5.00 Å². The lowest BCUT2D eigenvalue weighted by Gasteiger charge is -2.05. The molecule has 0 saturated carbocycles. The van der Waals surface area contributed by atoms with Gasteiger partial charge in [0.05, 0.1) is 17.0 Å². The van der Waals surface area contributed by atoms with Gasteiger partial charge in [-0.25, -0.2) is 9.97 Å². The monoisotopic (exact) mass is 414 g/mol. The van der Waals surface area contributed by atoms with Crippen molar-refractivity contribution in [1.29, 1.82) is 5.26 Å². The summed E-state index contributed by atoms with van der Waals surface area (Å²) in [7, 11) is 0. The molecule has 3 rings (SSSR count). The van der Waals surface area contributed by atoms with Gasteiger partial charge in [-0.3, -0.25) is 4.79 Å². The van der Waals surface area contributed by atoms with E-state index in [2.05, 4.69) is 21.4 Å². The number of aromatic nitrogens is 2. The molecule has 0 atom stereocenters. The Bertz CT molecular complexity index is 1030. The maximum atomic E-state index is 12.3. The van der Waals surface area contributed by atoms with Gasteiger partial charge in [0.1, 0.15) is 11.1 Å². The zero-order chi connectivity index (χ0) is 19.4. The van der Waals surface area contributed by atoms with Gasteiger partial charge in [-0.1, -0.05) is 35.5 Å². The van der Waals surface area contributed by atoms with Gasteiger partial charge in [-0.2, -0.15) is 5.26 Å². The number of hydrogen-bond donors (Lipinski definition) is 1. The van der Waals surface area contributed by atoms with Crippen molar-refractivity contribution in [2.45, 2.75) is 19.0 Å². The third kappa shape index (κ3) is 4.66. The lowest BCUT2D eigenvalue weighted by molar-refractivity contribution is -0.113. The Morgan fingerprint density at radius 2 is 2.04 bits per heavy atom. The average Bonchev–Trinajstić information content (AvgIpc) is 2.93. The standard InChI is InChI=1S/C19H15ClN4OS2/c1-11-12(2)27-18(15(11)9-21)24-17(25)10-26-19-22-8-7-16(23-19)13-3-5-14(20)6-4-13/h3-8H,10H2,1-2H3,(H,24,25). The van der Waals surface area contributed by atoms with E-state index in [1.165, 1.54) is 23.1 Å². The molecule has 27 heavy (non-hydrogen) atoms. The predicted molar refractivity (Wildman–Crippen MR) is 110 cm³/mol. The van der Waals surface area contributed by atoms with Gasteiger partial charge in [-0.15, -0.1) is 11.3 Å². The summed E-state index contributed by atoms with van der Waals surface area (Å²) in [6, 6.07) is 11.3. The molecule has 0 spiro atoms. The molecule has 5 nitrogen and oxygen atoms in total. The second-order valence-electron chi connectivity index (χ2n) is 5.67. The topological polar surface area (TPSA) is 78.7 Å². The van der Waals surface area contributed by atoms with E-state index in [0.717, 1.165) is 21.7 Å². The SMILES string of the molecule is Cc1sc(NC(=O)CSc2nccc(-c3ccc(Cl)cc3)n2)c(C#N)c1C. The smallest absolute Gasteiger partial charge is 0.235 e. The number of nitriles is 1. The average molecular weight is 415 g/mol. The van der Waals surface area contributed by atoms with Crippen molar-refractivity contribution >= 4 is 45.6 Å². The van der Waals surface area contributed by atoms with Gasteiger partial charge in [0.25, 0.3) is 0 Å². The quantitative estimate of drug-likeness (QED) is 0.465. The molecule has 3 aromatic rings. The highest BCUT2D eigenvalue weighted by Gasteiger charge is 2.15. The van der Waals surface area contributed by atoms with E-state index in [4.69, 9.17) is 11.6 Å². The fraction of sp³-hybridized carbons (Fsp3) is 0.158. The summed E-state index contributed by atoms with van der Waals surface area (Å²) in [6.45, 7) is 3.81. The van der Waals surface area contributed by atoms with Crippen LogP contribution in [0.25, 0.3) is 11.3 Å². The first-order valence-electron chi connectivity index (χ1n) is 7.99. The molecule has 0 aliphatic heterocycles. The molecule has 1 aromatic carbocycles. The number of rotatable bonds is 5. The van der Waals surface area contributed by atoms with Gasteiger partial charge in [0.2, 0.25) is 5.91 Å². The summed E-state index contributed by atoms with van der Waals surface area (Å²) >= 11 is 8.57. The molecule has 0 bridgehead atoms. The number of aryl methyl sites for hydroxylation is 1. The fourth-order valence-electron chi connectivity index (χ4n) is 2.33. The summed E-state index contributed by atoms with van der Waals surface area (Å²) in [5.41, 5.74) is 3.12. The van der Waals surface area contributed by atoms with Crippen LogP contribution in [-0.4, -0.2) is 21.6 Å². The van der Waals surface area contributed by atoms with E-state index in [9.17, 15) is 10.1 Å². The molecule has 0 saturated heterocycles. The minimum Gasteiger partial charge on any atom is -0.316 e. The number of hydrogen-bond acceptors (Lipinski definition) is 6. The molecule has 8 heteroatoms. The number of nitrogens with one attached hydrogen (secondary N) is 1. The minimum atomic E-state index is -0.196. The lowest BCUT2D eigenvalue weighted by atomic mass is 10.1. The van der Waals surface area contributed by atoms with Crippen molar-refractivity contribution in [1.82, 2.24) is 9.97 Å². The number of halogens is 1. The Kier molecular flexibility index (Phi) is 6.11. The maximum absolute atomic E-state index is 12.3. The lowest BCUT2D eigenvalue weighted by Crippen LogP contribution is -2.14. The third-order valence-electron chi connectivity index (χ3n) is 3.86. The van der Waals surface area contributed by atoms with Gasteiger partial charge in [-0.05, 0) is 37.6 Å². The molecule has 0 fully saturated rings. The molecular weight excluding hydrogens is 400 g/mol. The van der Waals surface area contributed by atoms with Crippen LogP contribution >= 0.6 is 34.7 Å². The van der Waals surface area contributed by atoms with Crippen molar-refractivity contribution in [2.24, 2.45) is 0 Å². The number of carbonyl (C=O) groups is 1. The number of amides is 1. The molecule has 0 aliphatic rings. The second kappa shape index (κ2) is 8.53. The van der Waals surface area contributed by atoms with E-state index >= 15 is 0 Å². The van der Waals surface area contributed by atoms with E-state index < -0.39 is 0 Å². The number of carbonyl (C=O) groups excluding carboxylic acids is 1. The first kappa shape index (κ1) is 19.4. The van der Waals surface area contributed by atoms with Crippen LogP contribution in [0.1, 0.15) is 16.0 Å². The predicted octanol–water partition coefficient (Wildman–Crippen LogP) is 5.08. The van der Waals surface area contributed by atoms with E-state index in [1.54, 1.807) is 18.3 Å². The molecule has 1 N–H and O–H groups in total. The van der Waals surface area contributed by atoms with Crippen LogP contribution in [0.3, 0.4) is 0 Å². The number of thiophene rings is 1. The Morgan fingerprint density at radius 3 is 2.74 bits per heavy atom. The van der Waals surface area contributed by atoms with Gasteiger partial charge < -0.3 is 5.32 Å². The Morgan fingerprint density at radius 1 is 1.30 bits per heavy atom. The normalized spacial score (nSPS) is 10.4. The molecule has 0 aliphatic carbocycles. The second-order valence-corrected chi connectivity index (χ2v) is 8.27. The third-order valence-corrected chi connectivity index (χ3v) is 6.09. The molecule has 0 unspecified atom stereocenters. The van der Waals surface area contributed by atoms with Crippen LogP contribution < -0.4 is 5.32 Å². The highest BCUT2D eigenvalue weighted by atomic mass is 35.5. The Balaban J connectivity index is 1.66. The molecule has 2 heterocycles. The molecular formula is C19H15ClN4OS2. The number of thioether (sulfide) groups is 1. The fourth-order valence-corrected chi connectivity index (χ4v) is 4.12. The largest absolute Gasteiger partial charge is 0.316 e. The van der Waals surface area contributed by atoms with E-state index in [0.29, 0.717) is 20.7 Å². The van der Waals surface area contributed by atoms with Gasteiger partial charge >= 0.3 is 0 Å². The van der Waals surface area contributed by atoms with Crippen molar-refractivity contribution in [2.75, 3.05) is 11.1 Å². The van der Waals surface area contributed by atoms with Gasteiger partial charge in [0.15, 0.2) is 5.16 Å². The molecule has 0 radical (unpaired) electrons. The maximum Gasteiger partial charge on any atom is 0.235 e. The van der Waals surface area contributed by atoms with Crippen LogP contribution in [0.15, 0.2) is 41.7 Å². The van der Waals surface area contributed by atoms with Crippen LogP contribution in [0, 0.1) is 25.2 Å².